The summed E-state index contributed by atoms with van der Waals surface area (Å²) in [6.07, 6.45) is -6.37. The lowest BCUT2D eigenvalue weighted by Crippen LogP contribution is -2.55. The van der Waals surface area contributed by atoms with Gasteiger partial charge in [-0.25, -0.2) is 4.39 Å². The van der Waals surface area contributed by atoms with E-state index in [0.29, 0.717) is 24.0 Å². The van der Waals surface area contributed by atoms with Crippen LogP contribution < -0.4 is 4.90 Å². The summed E-state index contributed by atoms with van der Waals surface area (Å²) in [5.74, 6) is -0.834. The van der Waals surface area contributed by atoms with Gasteiger partial charge >= 0.3 is 0 Å². The van der Waals surface area contributed by atoms with Crippen LogP contribution in [0.3, 0.4) is 0 Å². The minimum absolute atomic E-state index is 0.0573. The first-order chi connectivity index (χ1) is 19.2. The van der Waals surface area contributed by atoms with Gasteiger partial charge in [0, 0.05) is 5.69 Å². The molecule has 2 fully saturated rings. The molecule has 9 heteroatoms. The van der Waals surface area contributed by atoms with Gasteiger partial charge < -0.3 is 35.2 Å². The summed E-state index contributed by atoms with van der Waals surface area (Å²) >= 11 is 0. The summed E-state index contributed by atoms with van der Waals surface area (Å²) in [6, 6.07) is 20.2. The number of β-lactam (4-membered cyclic amide) rings is 1. The predicted octanol–water partition coefficient (Wildman–Crippen LogP) is 2.87. The fraction of sp³-hybridized carbons (Fsp3) is 0.387. The van der Waals surface area contributed by atoms with Crippen molar-refractivity contribution < 1.29 is 39.5 Å². The van der Waals surface area contributed by atoms with E-state index in [-0.39, 0.29) is 17.8 Å². The smallest absolute Gasteiger partial charge is 0.233 e. The van der Waals surface area contributed by atoms with Crippen LogP contribution in [0, 0.1) is 18.7 Å². The molecule has 3 aromatic carbocycles. The van der Waals surface area contributed by atoms with E-state index in [1.807, 2.05) is 43.3 Å². The zero-order valence-electron chi connectivity index (χ0n) is 22.0. The molecule has 2 heterocycles. The van der Waals surface area contributed by atoms with E-state index in [1.54, 1.807) is 17.0 Å². The molecule has 0 aliphatic carbocycles. The molecule has 0 spiro atoms. The lowest BCUT2D eigenvalue weighted by Gasteiger charge is -2.48. The summed E-state index contributed by atoms with van der Waals surface area (Å²) in [5, 5.41) is 51.0. The molecule has 0 aromatic heterocycles. The van der Waals surface area contributed by atoms with Gasteiger partial charge in [0.1, 0.15) is 36.3 Å². The molecule has 2 saturated heterocycles. The van der Waals surface area contributed by atoms with Crippen LogP contribution in [0.2, 0.25) is 0 Å². The monoisotopic (exact) mass is 551 g/mol. The van der Waals surface area contributed by atoms with Gasteiger partial charge in [-0.2, -0.15) is 0 Å². The molecule has 2 aliphatic heterocycles. The molecule has 0 saturated carbocycles. The molecule has 212 valence electrons. The maximum atomic E-state index is 13.4. The zero-order valence-corrected chi connectivity index (χ0v) is 22.0. The summed E-state index contributed by atoms with van der Waals surface area (Å²) in [7, 11) is 0. The van der Waals surface area contributed by atoms with Crippen LogP contribution in [-0.4, -0.2) is 62.5 Å². The van der Waals surface area contributed by atoms with Crippen molar-refractivity contribution in [3.63, 3.8) is 0 Å². The minimum Gasteiger partial charge on any atom is -0.394 e. The van der Waals surface area contributed by atoms with Crippen molar-refractivity contribution in [2.75, 3.05) is 11.5 Å². The molecule has 8 atom stereocenters. The fourth-order valence-corrected chi connectivity index (χ4v) is 5.65. The summed E-state index contributed by atoms with van der Waals surface area (Å²) < 4.78 is 19.0. The number of nitrogens with zero attached hydrogens (tertiary/aromatic N) is 1. The number of hydrogen-bond acceptors (Lipinski definition) is 7. The van der Waals surface area contributed by atoms with Crippen LogP contribution in [0.4, 0.5) is 10.1 Å². The van der Waals surface area contributed by atoms with Crippen LogP contribution in [0.1, 0.15) is 53.3 Å². The highest BCUT2D eigenvalue weighted by atomic mass is 19.1. The number of hydrogen-bond donors (Lipinski definition) is 5. The number of ether oxygens (including phenoxy) is 1. The molecule has 40 heavy (non-hydrogen) atoms. The Morgan fingerprint density at radius 2 is 1.50 bits per heavy atom. The van der Waals surface area contributed by atoms with Crippen LogP contribution in [0.15, 0.2) is 72.8 Å². The van der Waals surface area contributed by atoms with Crippen LogP contribution in [0.25, 0.3) is 0 Å². The molecule has 5 rings (SSSR count). The van der Waals surface area contributed by atoms with Gasteiger partial charge in [0.15, 0.2) is 0 Å². The maximum Gasteiger partial charge on any atom is 0.233 e. The second-order valence-corrected chi connectivity index (χ2v) is 10.7. The van der Waals surface area contributed by atoms with Gasteiger partial charge in [0.05, 0.1) is 24.7 Å². The molecule has 3 aromatic rings. The zero-order chi connectivity index (χ0) is 28.6. The fourth-order valence-electron chi connectivity index (χ4n) is 5.65. The highest BCUT2D eigenvalue weighted by Gasteiger charge is 2.49. The number of aliphatic hydroxyl groups excluding tert-OH is 5. The molecule has 0 radical (unpaired) electrons. The Morgan fingerprint density at radius 1 is 0.875 bits per heavy atom. The Kier molecular flexibility index (Phi) is 8.32. The summed E-state index contributed by atoms with van der Waals surface area (Å²) in [6.45, 7) is 1.46. The first-order valence-corrected chi connectivity index (χ1v) is 13.4. The van der Waals surface area contributed by atoms with Crippen LogP contribution in [-0.2, 0) is 9.53 Å². The topological polar surface area (TPSA) is 131 Å². The molecular weight excluding hydrogens is 517 g/mol. The maximum absolute atomic E-state index is 13.4. The van der Waals surface area contributed by atoms with E-state index in [0.717, 1.165) is 16.8 Å². The van der Waals surface area contributed by atoms with E-state index in [1.165, 1.54) is 24.3 Å². The third kappa shape index (κ3) is 5.41. The molecule has 1 amide bonds. The number of amides is 1. The molecule has 0 unspecified atom stereocenters. The average Bonchev–Trinajstić information content (AvgIpc) is 2.96. The number of aryl methyl sites for hydroxylation is 1. The highest BCUT2D eigenvalue weighted by Crippen LogP contribution is 2.46. The Balaban J connectivity index is 1.38. The lowest BCUT2D eigenvalue weighted by molar-refractivity contribution is -0.231. The Hall–Kier alpha value is -3.18. The standard InChI is InChI=1S/C31H34FNO7/c1-17-2-12-22(13-3-17)33-26(23(31(33)39)14-15-24(35)18-8-10-21(32)11-9-18)19-4-6-20(7-5-19)30-29(38)28(37)27(36)25(16-34)40-30/h2-13,23-30,34-38H,14-16H2,1H3/t23-,24+,25-,26-,27-,28+,29-,30+/m1/s1. The van der Waals surface area contributed by atoms with Gasteiger partial charge in [0.25, 0.3) is 0 Å². The van der Waals surface area contributed by atoms with Crippen molar-refractivity contribution in [3.05, 3.63) is 101 Å². The normalized spacial score (nSPS) is 29.2. The van der Waals surface area contributed by atoms with E-state index < -0.39 is 49.1 Å². The molecular formula is C31H34FNO7. The van der Waals surface area contributed by atoms with E-state index in [4.69, 9.17) is 4.74 Å². The van der Waals surface area contributed by atoms with E-state index in [9.17, 15) is 34.7 Å². The summed E-state index contributed by atoms with van der Waals surface area (Å²) in [4.78, 5) is 15.1. The number of aliphatic hydroxyl groups is 5. The van der Waals surface area contributed by atoms with Gasteiger partial charge in [-0.05, 0) is 60.7 Å². The molecule has 8 nitrogen and oxygen atoms in total. The molecule has 5 N–H and O–H groups in total. The summed E-state index contributed by atoms with van der Waals surface area (Å²) in [5.41, 5.74) is 3.81. The molecule has 2 aliphatic rings. The SMILES string of the molecule is Cc1ccc(N2C(=O)[C@H](CC[C@H](O)c3ccc(F)cc3)[C@H]2c2ccc([C@@H]3O[C@H](CO)[C@@H](O)[C@H](O)[C@H]3O)cc2)cc1. The van der Waals surface area contributed by atoms with E-state index in [2.05, 4.69) is 0 Å². The largest absolute Gasteiger partial charge is 0.394 e. The Bertz CT molecular complexity index is 1300. The average molecular weight is 552 g/mol. The second-order valence-electron chi connectivity index (χ2n) is 10.7. The number of carbonyl (C=O) groups excluding carboxylic acids is 1. The van der Waals surface area contributed by atoms with Gasteiger partial charge in [-0.15, -0.1) is 0 Å². The van der Waals surface area contributed by atoms with Crippen LogP contribution in [0.5, 0.6) is 0 Å². The number of carbonyl (C=O) groups is 1. The first-order valence-electron chi connectivity index (χ1n) is 13.4. The number of halogens is 1. The van der Waals surface area contributed by atoms with Crippen molar-refractivity contribution in [2.24, 2.45) is 5.92 Å². The van der Waals surface area contributed by atoms with E-state index >= 15 is 0 Å². The van der Waals surface area contributed by atoms with Gasteiger partial charge in [0.2, 0.25) is 5.91 Å². The van der Waals surface area contributed by atoms with Crippen molar-refractivity contribution in [1.82, 2.24) is 0 Å². The Morgan fingerprint density at radius 3 is 2.12 bits per heavy atom. The lowest BCUT2D eigenvalue weighted by atomic mass is 9.78. The number of rotatable bonds is 8. The van der Waals surface area contributed by atoms with Crippen molar-refractivity contribution in [2.45, 2.75) is 62.4 Å². The van der Waals surface area contributed by atoms with Gasteiger partial charge in [-0.3, -0.25) is 4.79 Å². The second kappa shape index (κ2) is 11.7. The number of benzene rings is 3. The Labute approximate surface area is 231 Å². The van der Waals surface area contributed by atoms with Crippen molar-refractivity contribution in [3.8, 4) is 0 Å². The van der Waals surface area contributed by atoms with Crippen molar-refractivity contribution in [1.29, 1.82) is 0 Å². The highest BCUT2D eigenvalue weighted by molar-refractivity contribution is 6.03. The van der Waals surface area contributed by atoms with Crippen molar-refractivity contribution >= 4 is 11.6 Å². The quantitative estimate of drug-likeness (QED) is 0.272. The van der Waals surface area contributed by atoms with Gasteiger partial charge in [-0.1, -0.05) is 54.1 Å². The number of anilines is 1. The molecule has 0 bridgehead atoms. The third-order valence-electron chi connectivity index (χ3n) is 8.03. The van der Waals surface area contributed by atoms with Crippen LogP contribution >= 0.6 is 0 Å². The third-order valence-corrected chi connectivity index (χ3v) is 8.03. The first kappa shape index (κ1) is 28.4. The predicted molar refractivity (Wildman–Crippen MR) is 145 cm³/mol. The minimum atomic E-state index is -1.48.